The van der Waals surface area contributed by atoms with Crippen molar-refractivity contribution in [3.05, 3.63) is 34.3 Å². The van der Waals surface area contributed by atoms with Crippen LogP contribution in [-0.2, 0) is 11.8 Å². The molecule has 0 aliphatic carbocycles. The van der Waals surface area contributed by atoms with Crippen molar-refractivity contribution in [3.63, 3.8) is 0 Å². The van der Waals surface area contributed by atoms with Crippen LogP contribution < -0.4 is 16.6 Å². The standard InChI is InChI=1S/C14H21N5S/c1-14(2,3)13-17-11(9-12(18-13)19-15)16-7-6-10-5-4-8-20-10/h4-5,8-9H,6-7,15H2,1-3H3,(H2,16,17,18,19). The second-order valence-electron chi connectivity index (χ2n) is 5.61. The zero-order valence-electron chi connectivity index (χ0n) is 12.1. The Hall–Kier alpha value is -1.66. The Morgan fingerprint density at radius 3 is 2.60 bits per heavy atom. The Kier molecular flexibility index (Phi) is 4.57. The molecule has 0 radical (unpaired) electrons. The molecule has 0 saturated carbocycles. The highest BCUT2D eigenvalue weighted by molar-refractivity contribution is 7.09. The number of hydrogen-bond acceptors (Lipinski definition) is 6. The minimum Gasteiger partial charge on any atom is -0.370 e. The fourth-order valence-corrected chi connectivity index (χ4v) is 2.42. The van der Waals surface area contributed by atoms with Crippen molar-refractivity contribution in [2.24, 2.45) is 5.84 Å². The highest BCUT2D eigenvalue weighted by Crippen LogP contribution is 2.22. The van der Waals surface area contributed by atoms with Crippen molar-refractivity contribution in [2.75, 3.05) is 17.3 Å². The normalized spacial score (nSPS) is 11.4. The number of anilines is 2. The molecule has 5 nitrogen and oxygen atoms in total. The topological polar surface area (TPSA) is 75.9 Å². The van der Waals surface area contributed by atoms with Crippen LogP contribution >= 0.6 is 11.3 Å². The van der Waals surface area contributed by atoms with E-state index in [0.717, 1.165) is 24.6 Å². The third kappa shape index (κ3) is 3.91. The lowest BCUT2D eigenvalue weighted by Gasteiger charge is -2.18. The first-order chi connectivity index (χ1) is 9.49. The van der Waals surface area contributed by atoms with Crippen molar-refractivity contribution >= 4 is 23.0 Å². The number of rotatable bonds is 5. The molecular weight excluding hydrogens is 270 g/mol. The third-order valence-electron chi connectivity index (χ3n) is 2.80. The monoisotopic (exact) mass is 291 g/mol. The molecule has 20 heavy (non-hydrogen) atoms. The molecule has 0 saturated heterocycles. The Bertz CT molecular complexity index is 545. The van der Waals surface area contributed by atoms with Crippen LogP contribution in [0.15, 0.2) is 23.6 Å². The van der Waals surface area contributed by atoms with Gasteiger partial charge < -0.3 is 10.7 Å². The lowest BCUT2D eigenvalue weighted by molar-refractivity contribution is 0.546. The third-order valence-corrected chi connectivity index (χ3v) is 3.74. The van der Waals surface area contributed by atoms with Crippen molar-refractivity contribution in [3.8, 4) is 0 Å². The van der Waals surface area contributed by atoms with Gasteiger partial charge in [-0.25, -0.2) is 15.8 Å². The summed E-state index contributed by atoms with van der Waals surface area (Å²) in [6.45, 7) is 7.08. The summed E-state index contributed by atoms with van der Waals surface area (Å²) in [5.41, 5.74) is 2.48. The van der Waals surface area contributed by atoms with Gasteiger partial charge in [-0.3, -0.25) is 0 Å². The SMILES string of the molecule is CC(C)(C)c1nc(NN)cc(NCCc2cccs2)n1. The lowest BCUT2D eigenvalue weighted by atomic mass is 9.96. The van der Waals surface area contributed by atoms with Crippen molar-refractivity contribution in [1.82, 2.24) is 9.97 Å². The van der Waals surface area contributed by atoms with Gasteiger partial charge in [0.25, 0.3) is 0 Å². The zero-order chi connectivity index (χ0) is 14.6. The smallest absolute Gasteiger partial charge is 0.145 e. The van der Waals surface area contributed by atoms with Crippen molar-refractivity contribution in [2.45, 2.75) is 32.6 Å². The zero-order valence-corrected chi connectivity index (χ0v) is 12.9. The van der Waals surface area contributed by atoms with E-state index in [1.807, 2.05) is 6.07 Å². The van der Waals surface area contributed by atoms with Gasteiger partial charge in [-0.1, -0.05) is 26.8 Å². The lowest BCUT2D eigenvalue weighted by Crippen LogP contribution is -2.20. The number of nitrogens with two attached hydrogens (primary N) is 1. The number of nitrogen functional groups attached to an aromatic ring is 1. The van der Waals surface area contributed by atoms with E-state index in [-0.39, 0.29) is 5.41 Å². The van der Waals surface area contributed by atoms with E-state index in [9.17, 15) is 0 Å². The minimum absolute atomic E-state index is 0.114. The highest BCUT2D eigenvalue weighted by Gasteiger charge is 2.18. The maximum atomic E-state index is 5.47. The highest BCUT2D eigenvalue weighted by atomic mass is 32.1. The Labute approximate surface area is 123 Å². The summed E-state index contributed by atoms with van der Waals surface area (Å²) < 4.78 is 0. The molecule has 0 bridgehead atoms. The van der Waals surface area contributed by atoms with Crippen LogP contribution in [0, 0.1) is 0 Å². The molecule has 0 aromatic carbocycles. The Balaban J connectivity index is 2.06. The van der Waals surface area contributed by atoms with Crippen LogP contribution in [0.5, 0.6) is 0 Å². The number of hydrazine groups is 1. The van der Waals surface area contributed by atoms with Gasteiger partial charge in [0.1, 0.15) is 17.5 Å². The summed E-state index contributed by atoms with van der Waals surface area (Å²) in [5, 5.41) is 5.42. The molecule has 0 fully saturated rings. The van der Waals surface area contributed by atoms with Gasteiger partial charge in [-0.15, -0.1) is 11.3 Å². The second-order valence-corrected chi connectivity index (χ2v) is 6.64. The van der Waals surface area contributed by atoms with Gasteiger partial charge in [-0.05, 0) is 17.9 Å². The molecule has 0 aliphatic heterocycles. The first-order valence-corrected chi connectivity index (χ1v) is 7.49. The summed E-state index contributed by atoms with van der Waals surface area (Å²) in [7, 11) is 0. The average molecular weight is 291 g/mol. The molecule has 2 heterocycles. The number of nitrogens with zero attached hydrogens (tertiary/aromatic N) is 2. The summed E-state index contributed by atoms with van der Waals surface area (Å²) in [4.78, 5) is 10.3. The average Bonchev–Trinajstić information content (AvgIpc) is 2.90. The predicted octanol–water partition coefficient (Wildman–Crippen LogP) is 2.78. The molecule has 6 heteroatoms. The first kappa shape index (κ1) is 14.7. The molecule has 0 spiro atoms. The molecule has 0 unspecified atom stereocenters. The van der Waals surface area contributed by atoms with Crippen molar-refractivity contribution < 1.29 is 0 Å². The van der Waals surface area contributed by atoms with Crippen LogP contribution in [0.3, 0.4) is 0 Å². The molecule has 0 amide bonds. The number of nitrogens with one attached hydrogen (secondary N) is 2. The molecule has 2 aromatic heterocycles. The molecule has 2 aromatic rings. The number of hydrogen-bond donors (Lipinski definition) is 3. The van der Waals surface area contributed by atoms with Gasteiger partial charge in [-0.2, -0.15) is 0 Å². The maximum Gasteiger partial charge on any atom is 0.145 e. The quantitative estimate of drug-likeness (QED) is 0.583. The van der Waals surface area contributed by atoms with Crippen LogP contribution in [0.1, 0.15) is 31.5 Å². The van der Waals surface area contributed by atoms with Crippen LogP contribution in [0.4, 0.5) is 11.6 Å². The van der Waals surface area contributed by atoms with E-state index in [1.54, 1.807) is 11.3 Å². The van der Waals surface area contributed by atoms with E-state index in [0.29, 0.717) is 5.82 Å². The predicted molar refractivity (Wildman–Crippen MR) is 85.1 cm³/mol. The molecule has 4 N–H and O–H groups in total. The first-order valence-electron chi connectivity index (χ1n) is 6.61. The number of aromatic nitrogens is 2. The van der Waals surface area contributed by atoms with Crippen LogP contribution in [-0.4, -0.2) is 16.5 Å². The molecule has 108 valence electrons. The van der Waals surface area contributed by atoms with E-state index < -0.39 is 0 Å². The van der Waals surface area contributed by atoms with E-state index >= 15 is 0 Å². The van der Waals surface area contributed by atoms with E-state index in [2.05, 4.69) is 59.0 Å². The van der Waals surface area contributed by atoms with Gasteiger partial charge in [0.15, 0.2) is 0 Å². The Morgan fingerprint density at radius 2 is 2.00 bits per heavy atom. The fraction of sp³-hybridized carbons (Fsp3) is 0.429. The molecule has 0 atom stereocenters. The summed E-state index contributed by atoms with van der Waals surface area (Å²) in [6, 6.07) is 6.03. The van der Waals surface area contributed by atoms with Crippen molar-refractivity contribution in [1.29, 1.82) is 0 Å². The molecule has 0 aliphatic rings. The summed E-state index contributed by atoms with van der Waals surface area (Å²) in [5.74, 6) is 7.67. The van der Waals surface area contributed by atoms with E-state index in [1.165, 1.54) is 4.88 Å². The molecular formula is C14H21N5S. The maximum absolute atomic E-state index is 5.47. The second kappa shape index (κ2) is 6.19. The van der Waals surface area contributed by atoms with Gasteiger partial charge in [0, 0.05) is 22.9 Å². The van der Waals surface area contributed by atoms with Crippen LogP contribution in [0.2, 0.25) is 0 Å². The van der Waals surface area contributed by atoms with Gasteiger partial charge in [0.05, 0.1) is 0 Å². The Morgan fingerprint density at radius 1 is 1.25 bits per heavy atom. The summed E-state index contributed by atoms with van der Waals surface area (Å²) >= 11 is 1.77. The summed E-state index contributed by atoms with van der Waals surface area (Å²) in [6.07, 6.45) is 0.984. The minimum atomic E-state index is -0.114. The van der Waals surface area contributed by atoms with E-state index in [4.69, 9.17) is 5.84 Å². The number of thiophene rings is 1. The van der Waals surface area contributed by atoms with Gasteiger partial charge in [0.2, 0.25) is 0 Å². The largest absolute Gasteiger partial charge is 0.370 e. The van der Waals surface area contributed by atoms with Crippen LogP contribution in [0.25, 0.3) is 0 Å². The molecule has 2 rings (SSSR count). The van der Waals surface area contributed by atoms with Gasteiger partial charge >= 0.3 is 0 Å². The fourth-order valence-electron chi connectivity index (χ4n) is 1.72.